The summed E-state index contributed by atoms with van der Waals surface area (Å²) in [7, 11) is 0. The smallest absolute Gasteiger partial charge is 0.459 e. The molecule has 26 heavy (non-hydrogen) atoms. The molecule has 1 unspecified atom stereocenters. The molecule has 0 saturated carbocycles. The minimum Gasteiger partial charge on any atom is -0.459 e. The van der Waals surface area contributed by atoms with E-state index in [2.05, 4.69) is 0 Å². The van der Waals surface area contributed by atoms with Crippen molar-refractivity contribution in [2.24, 2.45) is 5.92 Å². The van der Waals surface area contributed by atoms with Gasteiger partial charge in [-0.15, -0.1) is 11.8 Å². The number of carbonyl (C=O) groups excluding carboxylic acids is 1. The Hall–Kier alpha value is -0.670. The van der Waals surface area contributed by atoms with Crippen molar-refractivity contribution in [1.82, 2.24) is 0 Å². The van der Waals surface area contributed by atoms with Crippen LogP contribution in [0.25, 0.3) is 0 Å². The number of halogens is 7. The lowest BCUT2D eigenvalue weighted by Gasteiger charge is -2.28. The largest absolute Gasteiger partial charge is 0.459 e. The zero-order chi connectivity index (χ0) is 21.0. The van der Waals surface area contributed by atoms with Crippen LogP contribution in [0.2, 0.25) is 0 Å². The number of thioether (sulfide) groups is 1. The van der Waals surface area contributed by atoms with Gasteiger partial charge in [0.25, 0.3) is 0 Å². The molecule has 0 fully saturated rings. The average molecular weight is 414 g/mol. The third kappa shape index (κ3) is 7.52. The molecule has 0 aliphatic rings. The van der Waals surface area contributed by atoms with Gasteiger partial charge in [0.1, 0.15) is 10.9 Å². The van der Waals surface area contributed by atoms with Crippen LogP contribution in [-0.4, -0.2) is 40.6 Å². The average Bonchev–Trinajstić information content (AvgIpc) is 2.38. The van der Waals surface area contributed by atoms with Crippen LogP contribution in [0.5, 0.6) is 0 Å². The molecule has 0 spiro atoms. The Labute approximate surface area is 153 Å². The fraction of sp³-hybridized carbons (Fsp3) is 0.938. The van der Waals surface area contributed by atoms with E-state index in [1.807, 2.05) is 0 Å². The number of hydrogen-bond acceptors (Lipinski definition) is 3. The van der Waals surface area contributed by atoms with E-state index < -0.39 is 47.7 Å². The minimum absolute atomic E-state index is 0.0276. The van der Waals surface area contributed by atoms with E-state index in [1.54, 1.807) is 34.6 Å². The highest BCUT2D eigenvalue weighted by molar-refractivity contribution is 8.00. The van der Waals surface area contributed by atoms with Crippen molar-refractivity contribution < 1.29 is 40.3 Å². The van der Waals surface area contributed by atoms with Gasteiger partial charge in [0.15, 0.2) is 0 Å². The molecule has 0 aliphatic carbocycles. The number of alkyl halides is 7. The van der Waals surface area contributed by atoms with Crippen molar-refractivity contribution >= 4 is 17.7 Å². The Morgan fingerprint density at radius 3 is 1.85 bits per heavy atom. The van der Waals surface area contributed by atoms with Gasteiger partial charge in [-0.1, -0.05) is 13.8 Å². The molecule has 0 aromatic rings. The number of rotatable bonds is 9. The summed E-state index contributed by atoms with van der Waals surface area (Å²) in [6.07, 6.45) is -8.44. The first-order chi connectivity index (χ1) is 11.4. The first-order valence-electron chi connectivity index (χ1n) is 8.09. The Morgan fingerprint density at radius 1 is 0.962 bits per heavy atom. The van der Waals surface area contributed by atoms with Gasteiger partial charge in [-0.3, -0.25) is 4.79 Å². The van der Waals surface area contributed by atoms with Crippen molar-refractivity contribution in [3.63, 3.8) is 0 Å². The van der Waals surface area contributed by atoms with E-state index in [0.29, 0.717) is 0 Å². The quantitative estimate of drug-likeness (QED) is 0.259. The van der Waals surface area contributed by atoms with Crippen molar-refractivity contribution in [2.45, 2.75) is 82.8 Å². The normalized spacial score (nSPS) is 15.3. The first kappa shape index (κ1) is 25.3. The highest BCUT2D eigenvalue weighted by atomic mass is 32.2. The van der Waals surface area contributed by atoms with Gasteiger partial charge in [0.05, 0.1) is 0 Å². The predicted octanol–water partition coefficient (Wildman–Crippen LogP) is 6.09. The van der Waals surface area contributed by atoms with Gasteiger partial charge >= 0.3 is 24.0 Å². The maximum atomic E-state index is 13.2. The van der Waals surface area contributed by atoms with Crippen LogP contribution in [0.4, 0.5) is 30.7 Å². The molecule has 10 heteroatoms. The van der Waals surface area contributed by atoms with Gasteiger partial charge in [0, 0.05) is 6.42 Å². The van der Waals surface area contributed by atoms with Crippen LogP contribution >= 0.6 is 11.8 Å². The van der Waals surface area contributed by atoms with Crippen molar-refractivity contribution in [1.29, 1.82) is 0 Å². The molecular formula is C16H25F7O2S. The Kier molecular flexibility index (Phi) is 8.78. The monoisotopic (exact) mass is 414 g/mol. The van der Waals surface area contributed by atoms with E-state index in [0.717, 1.165) is 11.8 Å². The van der Waals surface area contributed by atoms with E-state index in [-0.39, 0.29) is 18.1 Å². The minimum atomic E-state index is -6.30. The van der Waals surface area contributed by atoms with Gasteiger partial charge < -0.3 is 4.74 Å². The summed E-state index contributed by atoms with van der Waals surface area (Å²) in [5.41, 5.74) is -0.698. The number of ether oxygens (including phenoxy) is 1. The number of hydrogen-bond donors (Lipinski definition) is 0. The fourth-order valence-corrected chi connectivity index (χ4v) is 3.11. The van der Waals surface area contributed by atoms with Crippen LogP contribution < -0.4 is 0 Å². The van der Waals surface area contributed by atoms with Crippen molar-refractivity contribution in [2.75, 3.05) is 5.75 Å². The Bertz CT molecular complexity index is 456. The Morgan fingerprint density at radius 2 is 1.46 bits per heavy atom. The van der Waals surface area contributed by atoms with Crippen molar-refractivity contribution in [3.8, 4) is 0 Å². The molecule has 0 rings (SSSR count). The number of unbranched alkanes of at least 4 members (excludes halogenated alkanes) is 1. The number of esters is 1. The molecule has 0 aliphatic heterocycles. The second kappa shape index (κ2) is 9.01. The zero-order valence-electron chi connectivity index (χ0n) is 15.4. The lowest BCUT2D eigenvalue weighted by atomic mass is 10.0. The molecule has 1 atom stereocenters. The summed E-state index contributed by atoms with van der Waals surface area (Å²) >= 11 is 1.11. The lowest BCUT2D eigenvalue weighted by molar-refractivity contribution is -0.355. The van der Waals surface area contributed by atoms with Crippen LogP contribution in [0, 0.1) is 5.92 Å². The molecule has 0 aromatic heterocycles. The third-order valence-corrected chi connectivity index (χ3v) is 4.86. The summed E-state index contributed by atoms with van der Waals surface area (Å²) in [5, 5.41) is -0.577. The van der Waals surface area contributed by atoms with Gasteiger partial charge in [-0.25, -0.2) is 0 Å². The fourth-order valence-electron chi connectivity index (χ4n) is 1.92. The number of carbonyl (C=O) groups is 1. The topological polar surface area (TPSA) is 26.3 Å². The van der Waals surface area contributed by atoms with E-state index in [4.69, 9.17) is 4.74 Å². The molecule has 2 nitrogen and oxygen atoms in total. The summed E-state index contributed by atoms with van der Waals surface area (Å²) in [5.74, 6) is -11.7. The molecule has 156 valence electrons. The molecule has 0 aromatic carbocycles. The molecular weight excluding hydrogens is 389 g/mol. The summed E-state index contributed by atoms with van der Waals surface area (Å²) in [4.78, 5) is 12.1. The molecule has 0 radical (unpaired) electrons. The van der Waals surface area contributed by atoms with Crippen LogP contribution in [0.3, 0.4) is 0 Å². The molecule has 0 saturated heterocycles. The summed E-state index contributed by atoms with van der Waals surface area (Å²) in [6.45, 7) is 8.60. The highest BCUT2D eigenvalue weighted by Crippen LogP contribution is 2.48. The van der Waals surface area contributed by atoms with Crippen LogP contribution in [0.1, 0.15) is 53.9 Å². The molecule has 0 bridgehead atoms. The molecule has 0 heterocycles. The zero-order valence-corrected chi connectivity index (χ0v) is 16.2. The predicted molar refractivity (Wildman–Crippen MR) is 86.7 cm³/mol. The third-order valence-electron chi connectivity index (χ3n) is 3.24. The summed E-state index contributed by atoms with van der Waals surface area (Å²) in [6, 6.07) is 0. The van der Waals surface area contributed by atoms with Gasteiger partial charge in [-0.2, -0.15) is 30.7 Å². The maximum absolute atomic E-state index is 13.2. The van der Waals surface area contributed by atoms with E-state index in [1.165, 1.54) is 0 Å². The van der Waals surface area contributed by atoms with E-state index in [9.17, 15) is 35.5 Å². The molecule has 0 N–H and O–H groups in total. The highest BCUT2D eigenvalue weighted by Gasteiger charge is 2.72. The second-order valence-electron chi connectivity index (χ2n) is 7.30. The van der Waals surface area contributed by atoms with Crippen LogP contribution in [-0.2, 0) is 9.53 Å². The lowest BCUT2D eigenvalue weighted by Crippen LogP contribution is -2.51. The SMILES string of the molecule is CC(C)C(SCCCCC(F)(F)C(F)(F)C(F)(F)F)C(=O)OC(C)(C)C. The van der Waals surface area contributed by atoms with Gasteiger partial charge in [-0.05, 0) is 45.3 Å². The second-order valence-corrected chi connectivity index (χ2v) is 8.55. The Balaban J connectivity index is 4.53. The van der Waals surface area contributed by atoms with Gasteiger partial charge in [0.2, 0.25) is 0 Å². The van der Waals surface area contributed by atoms with Crippen molar-refractivity contribution in [3.05, 3.63) is 0 Å². The molecule has 0 amide bonds. The maximum Gasteiger partial charge on any atom is 0.459 e. The standard InChI is InChI=1S/C16H25F7O2S/c1-10(2)11(12(24)25-13(3,4)5)26-9-7-6-8-14(17,18)15(19,20)16(21,22)23/h10-11H,6-9H2,1-5H3. The first-order valence-corrected chi connectivity index (χ1v) is 9.14. The summed E-state index contributed by atoms with van der Waals surface area (Å²) < 4.78 is 93.3. The van der Waals surface area contributed by atoms with Crippen LogP contribution in [0.15, 0.2) is 0 Å². The van der Waals surface area contributed by atoms with E-state index >= 15 is 0 Å².